The summed E-state index contributed by atoms with van der Waals surface area (Å²) in [5.74, 6) is 1.05. The molecule has 3 heteroatoms. The first kappa shape index (κ1) is 16.4. The Balaban J connectivity index is 1.86. The summed E-state index contributed by atoms with van der Waals surface area (Å²) in [6.07, 6.45) is 9.20. The summed E-state index contributed by atoms with van der Waals surface area (Å²) in [6.45, 7) is 7.67. The molecule has 0 aliphatic carbocycles. The smallest absolute Gasteiger partial charge is 0.133 e. The predicted molar refractivity (Wildman–Crippen MR) is 104 cm³/mol. The van der Waals surface area contributed by atoms with Crippen LogP contribution in [0.15, 0.2) is 30.6 Å². The molecule has 2 heterocycles. The standard InChI is InChI=1S/C22H28N2O/c1-4-5-6-9-14-24-15-23-19-18-12-13-22(2,3)25-21(18)17-11-8-7-10-16(17)20(19)24/h7-8,10-11,15H,4-6,9,12-14H2,1-3H3. The molecule has 25 heavy (non-hydrogen) atoms. The van der Waals surface area contributed by atoms with E-state index in [9.17, 15) is 0 Å². The lowest BCUT2D eigenvalue weighted by molar-refractivity contribution is 0.0873. The number of nitrogens with zero attached hydrogens (tertiary/aromatic N) is 2. The summed E-state index contributed by atoms with van der Waals surface area (Å²) in [7, 11) is 0. The van der Waals surface area contributed by atoms with Gasteiger partial charge in [0, 0.05) is 22.9 Å². The van der Waals surface area contributed by atoms with Gasteiger partial charge in [0.25, 0.3) is 0 Å². The number of hydrogen-bond donors (Lipinski definition) is 0. The van der Waals surface area contributed by atoms with Crippen molar-refractivity contribution >= 4 is 21.8 Å². The molecule has 0 fully saturated rings. The van der Waals surface area contributed by atoms with Crippen molar-refractivity contribution < 1.29 is 4.74 Å². The van der Waals surface area contributed by atoms with E-state index in [4.69, 9.17) is 9.72 Å². The first-order valence-corrected chi connectivity index (χ1v) is 9.68. The Hall–Kier alpha value is -2.03. The van der Waals surface area contributed by atoms with E-state index < -0.39 is 0 Å². The van der Waals surface area contributed by atoms with Gasteiger partial charge in [0.2, 0.25) is 0 Å². The van der Waals surface area contributed by atoms with Gasteiger partial charge in [0.05, 0.1) is 17.4 Å². The molecule has 3 aromatic rings. The fourth-order valence-electron chi connectivity index (χ4n) is 4.02. The second kappa shape index (κ2) is 6.36. The van der Waals surface area contributed by atoms with Crippen LogP contribution in [0.1, 0.15) is 58.4 Å². The summed E-state index contributed by atoms with van der Waals surface area (Å²) in [5, 5.41) is 2.50. The Labute approximate surface area is 150 Å². The summed E-state index contributed by atoms with van der Waals surface area (Å²) in [5.41, 5.74) is 3.61. The molecule has 132 valence electrons. The first-order chi connectivity index (χ1) is 12.1. The van der Waals surface area contributed by atoms with Crippen LogP contribution in [0, 0.1) is 0 Å². The molecule has 0 radical (unpaired) electrons. The van der Waals surface area contributed by atoms with Crippen molar-refractivity contribution in [2.75, 3.05) is 0 Å². The lowest BCUT2D eigenvalue weighted by atomic mass is 9.91. The van der Waals surface area contributed by atoms with Crippen molar-refractivity contribution in [3.8, 4) is 5.75 Å². The molecule has 0 bridgehead atoms. The molecule has 1 aliphatic heterocycles. The van der Waals surface area contributed by atoms with Crippen LogP contribution in [-0.2, 0) is 13.0 Å². The number of benzene rings is 2. The normalized spacial score (nSPS) is 16.1. The van der Waals surface area contributed by atoms with E-state index >= 15 is 0 Å². The van der Waals surface area contributed by atoms with Crippen molar-refractivity contribution in [3.63, 3.8) is 0 Å². The highest BCUT2D eigenvalue weighted by molar-refractivity contribution is 6.09. The number of ether oxygens (including phenoxy) is 1. The largest absolute Gasteiger partial charge is 0.487 e. The maximum Gasteiger partial charge on any atom is 0.133 e. The molecule has 3 nitrogen and oxygen atoms in total. The van der Waals surface area contributed by atoms with Crippen LogP contribution in [0.5, 0.6) is 5.75 Å². The Bertz CT molecular complexity index is 907. The summed E-state index contributed by atoms with van der Waals surface area (Å²) in [6, 6.07) is 8.65. The van der Waals surface area contributed by atoms with Crippen molar-refractivity contribution in [2.24, 2.45) is 0 Å². The molecule has 0 amide bonds. The molecule has 0 N–H and O–H groups in total. The number of aryl methyl sites for hydroxylation is 2. The second-order valence-electron chi connectivity index (χ2n) is 7.91. The average molecular weight is 336 g/mol. The lowest BCUT2D eigenvalue weighted by Gasteiger charge is -2.33. The maximum absolute atomic E-state index is 6.41. The first-order valence-electron chi connectivity index (χ1n) is 9.68. The Morgan fingerprint density at radius 1 is 1.12 bits per heavy atom. The molecular formula is C22H28N2O. The van der Waals surface area contributed by atoms with Crippen molar-refractivity contribution in [1.29, 1.82) is 0 Å². The molecule has 1 aromatic heterocycles. The van der Waals surface area contributed by atoms with Crippen LogP contribution in [0.3, 0.4) is 0 Å². The van der Waals surface area contributed by atoms with E-state index in [1.807, 2.05) is 6.33 Å². The molecule has 1 aliphatic rings. The minimum absolute atomic E-state index is 0.105. The van der Waals surface area contributed by atoms with E-state index in [1.54, 1.807) is 0 Å². The van der Waals surface area contributed by atoms with Crippen molar-refractivity contribution in [3.05, 3.63) is 36.2 Å². The Morgan fingerprint density at radius 2 is 1.92 bits per heavy atom. The van der Waals surface area contributed by atoms with E-state index in [2.05, 4.69) is 49.6 Å². The molecule has 4 rings (SSSR count). The van der Waals surface area contributed by atoms with Crippen molar-refractivity contribution in [1.82, 2.24) is 9.55 Å². The second-order valence-corrected chi connectivity index (χ2v) is 7.91. The molecule has 0 atom stereocenters. The van der Waals surface area contributed by atoms with Crippen molar-refractivity contribution in [2.45, 2.75) is 71.4 Å². The van der Waals surface area contributed by atoms with Crippen LogP contribution in [0.4, 0.5) is 0 Å². The minimum atomic E-state index is -0.105. The van der Waals surface area contributed by atoms with Gasteiger partial charge in [-0.05, 0) is 33.1 Å². The highest BCUT2D eigenvalue weighted by Gasteiger charge is 2.30. The van der Waals surface area contributed by atoms with Gasteiger partial charge in [-0.1, -0.05) is 50.5 Å². The van der Waals surface area contributed by atoms with Crippen LogP contribution >= 0.6 is 0 Å². The van der Waals surface area contributed by atoms with Crippen LogP contribution in [0.25, 0.3) is 21.8 Å². The Kier molecular flexibility index (Phi) is 4.18. The molecular weight excluding hydrogens is 308 g/mol. The third-order valence-electron chi connectivity index (χ3n) is 5.43. The van der Waals surface area contributed by atoms with Gasteiger partial charge in [-0.15, -0.1) is 0 Å². The van der Waals surface area contributed by atoms with E-state index in [0.29, 0.717) is 0 Å². The van der Waals surface area contributed by atoms with Crippen LogP contribution in [0.2, 0.25) is 0 Å². The number of imidazole rings is 1. The van der Waals surface area contributed by atoms with Gasteiger partial charge in [0.15, 0.2) is 0 Å². The molecule has 0 saturated heterocycles. The molecule has 2 aromatic carbocycles. The third kappa shape index (κ3) is 2.90. The van der Waals surface area contributed by atoms with E-state index in [1.165, 1.54) is 47.5 Å². The number of unbranched alkanes of at least 4 members (excludes halogenated alkanes) is 3. The highest BCUT2D eigenvalue weighted by Crippen LogP contribution is 2.43. The zero-order valence-corrected chi connectivity index (χ0v) is 15.6. The van der Waals surface area contributed by atoms with Gasteiger partial charge >= 0.3 is 0 Å². The average Bonchev–Trinajstić information content (AvgIpc) is 3.02. The maximum atomic E-state index is 6.41. The van der Waals surface area contributed by atoms with Crippen LogP contribution < -0.4 is 4.74 Å². The fourth-order valence-corrected chi connectivity index (χ4v) is 4.02. The highest BCUT2D eigenvalue weighted by atomic mass is 16.5. The number of aromatic nitrogens is 2. The van der Waals surface area contributed by atoms with Gasteiger partial charge < -0.3 is 9.30 Å². The van der Waals surface area contributed by atoms with Gasteiger partial charge in [-0.2, -0.15) is 0 Å². The molecule has 0 saturated carbocycles. The Morgan fingerprint density at radius 3 is 2.72 bits per heavy atom. The number of fused-ring (bicyclic) bond motifs is 6. The van der Waals surface area contributed by atoms with Gasteiger partial charge in [-0.3, -0.25) is 0 Å². The fraction of sp³-hybridized carbons (Fsp3) is 0.500. The summed E-state index contributed by atoms with van der Waals surface area (Å²) in [4.78, 5) is 4.81. The van der Waals surface area contributed by atoms with E-state index in [0.717, 1.165) is 30.7 Å². The number of hydrogen-bond acceptors (Lipinski definition) is 2. The monoisotopic (exact) mass is 336 g/mol. The molecule has 0 unspecified atom stereocenters. The molecule has 0 spiro atoms. The number of rotatable bonds is 5. The summed E-state index contributed by atoms with van der Waals surface area (Å²) < 4.78 is 8.77. The quantitative estimate of drug-likeness (QED) is 0.545. The van der Waals surface area contributed by atoms with Gasteiger partial charge in [-0.25, -0.2) is 4.98 Å². The SMILES string of the molecule is CCCCCCn1cnc2c3c(c4ccccc4c21)OC(C)(C)CC3. The van der Waals surface area contributed by atoms with Crippen LogP contribution in [-0.4, -0.2) is 15.2 Å². The zero-order chi connectivity index (χ0) is 17.4. The third-order valence-corrected chi connectivity index (χ3v) is 5.43. The minimum Gasteiger partial charge on any atom is -0.487 e. The van der Waals surface area contributed by atoms with Gasteiger partial charge in [0.1, 0.15) is 11.4 Å². The lowest BCUT2D eigenvalue weighted by Crippen LogP contribution is -2.32. The topological polar surface area (TPSA) is 27.1 Å². The zero-order valence-electron chi connectivity index (χ0n) is 15.6. The summed E-state index contributed by atoms with van der Waals surface area (Å²) >= 11 is 0. The van der Waals surface area contributed by atoms with E-state index in [-0.39, 0.29) is 5.60 Å². The predicted octanol–water partition coefficient (Wildman–Crippen LogP) is 5.87.